The first kappa shape index (κ1) is 32.1. The number of ether oxygens (including phenoxy) is 1. The number of aliphatic hydroxyl groups excluding tert-OH is 1. The molecule has 1 aromatic heterocycles. The molecule has 1 aliphatic heterocycles. The van der Waals surface area contributed by atoms with Crippen molar-refractivity contribution in [1.82, 2.24) is 14.9 Å². The molecule has 0 bridgehead atoms. The van der Waals surface area contributed by atoms with Crippen LogP contribution in [0.15, 0.2) is 48.7 Å². The Labute approximate surface area is 261 Å². The fraction of sp³-hybridized carbons (Fsp3) is 0.400. The predicted octanol–water partition coefficient (Wildman–Crippen LogP) is 6.02. The molecule has 43 heavy (non-hydrogen) atoms. The minimum absolute atomic E-state index is 0.0754. The van der Waals surface area contributed by atoms with E-state index in [0.717, 1.165) is 11.4 Å². The minimum Gasteiger partial charge on any atom is -0.444 e. The standard InChI is InChI=1S/C30H37Cl2N7O4/c1-30(2,3)43-29(42)39-16-14-38(15-17-39)21-11-9-20(10-12-21)35-28-34-19-22(26(37-28)33-13-4-5-18-40)27(41)36-25-23(31)7-6-8-24(25)32/h6-12,19,40H,4-5,13-18H2,1-3H3,(H,36,41)(H2,33,34,35,37). The number of amides is 2. The molecule has 13 heteroatoms. The molecule has 2 heterocycles. The molecule has 230 valence electrons. The highest BCUT2D eigenvalue weighted by atomic mass is 35.5. The van der Waals surface area contributed by atoms with Crippen LogP contribution in [-0.4, -0.2) is 76.9 Å². The highest BCUT2D eigenvalue weighted by Crippen LogP contribution is 2.31. The molecule has 1 saturated heterocycles. The molecule has 2 amide bonds. The Hall–Kier alpha value is -3.80. The number of hydrogen-bond acceptors (Lipinski definition) is 9. The van der Waals surface area contributed by atoms with E-state index < -0.39 is 11.5 Å². The van der Waals surface area contributed by atoms with Gasteiger partial charge in [0.1, 0.15) is 17.0 Å². The Morgan fingerprint density at radius 2 is 1.67 bits per heavy atom. The third kappa shape index (κ3) is 9.09. The van der Waals surface area contributed by atoms with Gasteiger partial charge in [0.05, 0.1) is 15.7 Å². The van der Waals surface area contributed by atoms with Crippen molar-refractivity contribution in [2.45, 2.75) is 39.2 Å². The normalized spacial score (nSPS) is 13.4. The van der Waals surface area contributed by atoms with E-state index in [1.807, 2.05) is 45.0 Å². The summed E-state index contributed by atoms with van der Waals surface area (Å²) in [6.45, 7) is 8.73. The second kappa shape index (κ2) is 14.6. The van der Waals surface area contributed by atoms with Gasteiger partial charge in [0, 0.05) is 56.9 Å². The lowest BCUT2D eigenvalue weighted by molar-refractivity contribution is 0.0240. The van der Waals surface area contributed by atoms with Crippen LogP contribution < -0.4 is 20.9 Å². The highest BCUT2D eigenvalue weighted by molar-refractivity contribution is 6.40. The summed E-state index contributed by atoms with van der Waals surface area (Å²) in [4.78, 5) is 38.4. The first-order valence-electron chi connectivity index (χ1n) is 14.1. The Morgan fingerprint density at radius 3 is 2.30 bits per heavy atom. The van der Waals surface area contributed by atoms with Crippen molar-refractivity contribution < 1.29 is 19.4 Å². The van der Waals surface area contributed by atoms with Gasteiger partial charge in [-0.15, -0.1) is 0 Å². The van der Waals surface area contributed by atoms with Gasteiger partial charge in [-0.2, -0.15) is 4.98 Å². The van der Waals surface area contributed by atoms with Crippen molar-refractivity contribution in [2.24, 2.45) is 0 Å². The molecule has 3 aromatic rings. The van der Waals surface area contributed by atoms with E-state index in [1.54, 1.807) is 23.1 Å². The first-order chi connectivity index (χ1) is 20.5. The van der Waals surface area contributed by atoms with Crippen molar-refractivity contribution in [3.63, 3.8) is 0 Å². The van der Waals surface area contributed by atoms with Gasteiger partial charge in [0.25, 0.3) is 5.91 Å². The Morgan fingerprint density at radius 1 is 1.00 bits per heavy atom. The zero-order valence-electron chi connectivity index (χ0n) is 24.5. The number of nitrogens with zero attached hydrogens (tertiary/aromatic N) is 4. The minimum atomic E-state index is -0.519. The van der Waals surface area contributed by atoms with Crippen LogP contribution in [0, 0.1) is 0 Å². The molecule has 11 nitrogen and oxygen atoms in total. The van der Waals surface area contributed by atoms with Gasteiger partial charge in [-0.3, -0.25) is 4.79 Å². The van der Waals surface area contributed by atoms with Crippen molar-refractivity contribution in [3.05, 3.63) is 64.3 Å². The second-order valence-corrected chi connectivity index (χ2v) is 11.8. The number of benzene rings is 2. The van der Waals surface area contributed by atoms with E-state index >= 15 is 0 Å². The van der Waals surface area contributed by atoms with Crippen LogP contribution in [0.5, 0.6) is 0 Å². The van der Waals surface area contributed by atoms with Crippen LogP contribution in [0.25, 0.3) is 0 Å². The van der Waals surface area contributed by atoms with Crippen molar-refractivity contribution in [2.75, 3.05) is 60.2 Å². The summed E-state index contributed by atoms with van der Waals surface area (Å²) in [5.41, 5.74) is 1.80. The summed E-state index contributed by atoms with van der Waals surface area (Å²) in [5.74, 6) is 0.161. The quantitative estimate of drug-likeness (QED) is 0.199. The maximum absolute atomic E-state index is 13.2. The summed E-state index contributed by atoms with van der Waals surface area (Å²) in [6, 6.07) is 12.8. The molecule has 0 saturated carbocycles. The molecule has 4 N–H and O–H groups in total. The van der Waals surface area contributed by atoms with Crippen LogP contribution in [0.2, 0.25) is 10.0 Å². The number of rotatable bonds is 10. The second-order valence-electron chi connectivity index (χ2n) is 11.0. The number of halogens is 2. The number of anilines is 5. The molecule has 1 aliphatic rings. The molecule has 4 rings (SSSR count). The zero-order valence-corrected chi connectivity index (χ0v) is 26.0. The predicted molar refractivity (Wildman–Crippen MR) is 171 cm³/mol. The third-order valence-electron chi connectivity index (χ3n) is 6.53. The van der Waals surface area contributed by atoms with E-state index in [9.17, 15) is 9.59 Å². The van der Waals surface area contributed by atoms with Crippen LogP contribution in [0.3, 0.4) is 0 Å². The lowest BCUT2D eigenvalue weighted by atomic mass is 10.2. The Bertz CT molecular complexity index is 1390. The summed E-state index contributed by atoms with van der Waals surface area (Å²) >= 11 is 12.5. The van der Waals surface area contributed by atoms with Gasteiger partial charge in [0.15, 0.2) is 0 Å². The Balaban J connectivity index is 1.42. The van der Waals surface area contributed by atoms with Crippen LogP contribution in [0.4, 0.5) is 33.6 Å². The number of hydrogen-bond donors (Lipinski definition) is 4. The third-order valence-corrected chi connectivity index (χ3v) is 7.16. The first-order valence-corrected chi connectivity index (χ1v) is 14.9. The van der Waals surface area contributed by atoms with Crippen LogP contribution in [-0.2, 0) is 4.74 Å². The lowest BCUT2D eigenvalue weighted by Gasteiger charge is -2.36. The van der Waals surface area contributed by atoms with Gasteiger partial charge in [-0.05, 0) is 70.0 Å². The fourth-order valence-corrected chi connectivity index (χ4v) is 4.83. The van der Waals surface area contributed by atoms with E-state index in [2.05, 4.69) is 30.8 Å². The number of nitrogens with one attached hydrogen (secondary N) is 3. The zero-order chi connectivity index (χ0) is 31.0. The molecule has 1 fully saturated rings. The summed E-state index contributed by atoms with van der Waals surface area (Å²) in [7, 11) is 0. The monoisotopic (exact) mass is 629 g/mol. The average Bonchev–Trinajstić information content (AvgIpc) is 2.97. The number of para-hydroxylation sites is 1. The maximum atomic E-state index is 13.2. The number of carbonyl (C=O) groups is 2. The molecule has 2 aromatic carbocycles. The largest absolute Gasteiger partial charge is 0.444 e. The molecule has 0 radical (unpaired) electrons. The van der Waals surface area contributed by atoms with E-state index in [4.69, 9.17) is 33.0 Å². The number of carbonyl (C=O) groups excluding carboxylic acids is 2. The summed E-state index contributed by atoms with van der Waals surface area (Å²) < 4.78 is 5.49. The molecule has 0 unspecified atom stereocenters. The van der Waals surface area contributed by atoms with Crippen molar-refractivity contribution in [3.8, 4) is 0 Å². The van der Waals surface area contributed by atoms with Gasteiger partial charge < -0.3 is 35.6 Å². The van der Waals surface area contributed by atoms with Crippen molar-refractivity contribution in [1.29, 1.82) is 0 Å². The van der Waals surface area contributed by atoms with E-state index in [1.165, 1.54) is 6.20 Å². The number of unbranched alkanes of at least 4 members (excludes halogenated alkanes) is 1. The number of piperazine rings is 1. The van der Waals surface area contributed by atoms with Gasteiger partial charge in [-0.1, -0.05) is 29.3 Å². The smallest absolute Gasteiger partial charge is 0.410 e. The topological polar surface area (TPSA) is 132 Å². The van der Waals surface area contributed by atoms with E-state index in [0.29, 0.717) is 73.1 Å². The molecule has 0 atom stereocenters. The molecule has 0 aliphatic carbocycles. The summed E-state index contributed by atoms with van der Waals surface area (Å²) in [5, 5.41) is 18.9. The van der Waals surface area contributed by atoms with Gasteiger partial charge in [-0.25, -0.2) is 9.78 Å². The number of aliphatic hydroxyl groups is 1. The molecule has 0 spiro atoms. The fourth-order valence-electron chi connectivity index (χ4n) is 4.34. The molecular weight excluding hydrogens is 593 g/mol. The highest BCUT2D eigenvalue weighted by Gasteiger charge is 2.26. The maximum Gasteiger partial charge on any atom is 0.410 e. The van der Waals surface area contributed by atoms with Crippen LogP contribution >= 0.6 is 23.2 Å². The SMILES string of the molecule is CC(C)(C)OC(=O)N1CCN(c2ccc(Nc3ncc(C(=O)Nc4c(Cl)cccc4Cl)c(NCCCCO)n3)cc2)CC1. The van der Waals surface area contributed by atoms with Crippen molar-refractivity contribution >= 4 is 64.0 Å². The average molecular weight is 631 g/mol. The van der Waals surface area contributed by atoms with E-state index in [-0.39, 0.29) is 18.3 Å². The lowest BCUT2D eigenvalue weighted by Crippen LogP contribution is -2.50. The summed E-state index contributed by atoms with van der Waals surface area (Å²) in [6.07, 6.45) is 2.45. The molecular formula is C30H37Cl2N7O4. The van der Waals surface area contributed by atoms with Gasteiger partial charge >= 0.3 is 6.09 Å². The van der Waals surface area contributed by atoms with Gasteiger partial charge in [0.2, 0.25) is 5.95 Å². The number of aromatic nitrogens is 2. The Kier molecular flexibility index (Phi) is 10.9. The van der Waals surface area contributed by atoms with Crippen LogP contribution in [0.1, 0.15) is 44.0 Å².